The van der Waals surface area contributed by atoms with E-state index in [1.807, 2.05) is 6.92 Å². The molecule has 2 aromatic carbocycles. The first kappa shape index (κ1) is 14.8. The van der Waals surface area contributed by atoms with Crippen molar-refractivity contribution in [1.29, 1.82) is 0 Å². The molecular weight excluding hydrogens is 271 g/mol. The Kier molecular flexibility index (Phi) is 4.42. The van der Waals surface area contributed by atoms with E-state index in [4.69, 9.17) is 10.5 Å². The lowest BCUT2D eigenvalue weighted by atomic mass is 10.1. The molecular formula is C16H17FN2O2. The molecule has 0 bridgehead atoms. The molecule has 0 aliphatic carbocycles. The minimum Gasteiger partial charge on any atom is -0.495 e. The predicted molar refractivity (Wildman–Crippen MR) is 81.2 cm³/mol. The summed E-state index contributed by atoms with van der Waals surface area (Å²) in [5, 5.41) is 0. The number of rotatable bonds is 4. The van der Waals surface area contributed by atoms with E-state index in [-0.39, 0.29) is 11.7 Å². The van der Waals surface area contributed by atoms with Crippen LogP contribution in [0.1, 0.15) is 17.3 Å². The summed E-state index contributed by atoms with van der Waals surface area (Å²) >= 11 is 0. The first-order valence-corrected chi connectivity index (χ1v) is 6.57. The lowest BCUT2D eigenvalue weighted by Gasteiger charge is -2.21. The van der Waals surface area contributed by atoms with E-state index in [1.165, 1.54) is 24.1 Å². The molecule has 2 N–H and O–H groups in total. The smallest absolute Gasteiger partial charge is 0.258 e. The normalized spacial score (nSPS) is 10.2. The van der Waals surface area contributed by atoms with Gasteiger partial charge in [-0.1, -0.05) is 6.07 Å². The number of benzene rings is 2. The number of anilines is 2. The van der Waals surface area contributed by atoms with Crippen LogP contribution in [0, 0.1) is 5.82 Å². The summed E-state index contributed by atoms with van der Waals surface area (Å²) in [5.41, 5.74) is 7.15. The first-order chi connectivity index (χ1) is 10.1. The standard InChI is InChI=1S/C16H17FN2O2/c1-3-19(13-6-4-5-12(17)10-13)16(20)11-7-8-14(18)15(9-11)21-2/h4-10H,3,18H2,1-2H3. The number of hydrogen-bond acceptors (Lipinski definition) is 3. The van der Waals surface area contributed by atoms with Crippen LogP contribution in [0.2, 0.25) is 0 Å². The van der Waals surface area contributed by atoms with Crippen LogP contribution in [0.25, 0.3) is 0 Å². The number of nitrogen functional groups attached to an aromatic ring is 1. The molecule has 2 aromatic rings. The van der Waals surface area contributed by atoms with Gasteiger partial charge in [-0.2, -0.15) is 0 Å². The van der Waals surface area contributed by atoms with Crippen LogP contribution >= 0.6 is 0 Å². The molecule has 0 heterocycles. The van der Waals surface area contributed by atoms with Crippen LogP contribution in [-0.2, 0) is 0 Å². The highest BCUT2D eigenvalue weighted by molar-refractivity contribution is 6.06. The number of amides is 1. The Hall–Kier alpha value is -2.56. The molecule has 0 aromatic heterocycles. The average molecular weight is 288 g/mol. The highest BCUT2D eigenvalue weighted by Crippen LogP contribution is 2.24. The van der Waals surface area contributed by atoms with E-state index in [2.05, 4.69) is 0 Å². The summed E-state index contributed by atoms with van der Waals surface area (Å²) in [4.78, 5) is 14.1. The lowest BCUT2D eigenvalue weighted by Crippen LogP contribution is -2.30. The molecule has 2 rings (SSSR count). The molecule has 0 radical (unpaired) electrons. The lowest BCUT2D eigenvalue weighted by molar-refractivity contribution is 0.0988. The van der Waals surface area contributed by atoms with Gasteiger partial charge in [-0.15, -0.1) is 0 Å². The Bertz CT molecular complexity index is 658. The minimum absolute atomic E-state index is 0.235. The van der Waals surface area contributed by atoms with Gasteiger partial charge in [0.25, 0.3) is 5.91 Å². The average Bonchev–Trinajstić information content (AvgIpc) is 2.48. The van der Waals surface area contributed by atoms with Gasteiger partial charge < -0.3 is 15.4 Å². The largest absolute Gasteiger partial charge is 0.495 e. The Labute approximate surface area is 122 Å². The van der Waals surface area contributed by atoms with Crippen molar-refractivity contribution in [1.82, 2.24) is 0 Å². The van der Waals surface area contributed by atoms with Gasteiger partial charge in [0.15, 0.2) is 0 Å². The first-order valence-electron chi connectivity index (χ1n) is 6.57. The van der Waals surface area contributed by atoms with E-state index >= 15 is 0 Å². The number of hydrogen-bond donors (Lipinski definition) is 1. The van der Waals surface area contributed by atoms with Crippen molar-refractivity contribution in [2.45, 2.75) is 6.92 Å². The zero-order chi connectivity index (χ0) is 15.4. The number of halogens is 1. The zero-order valence-electron chi connectivity index (χ0n) is 12.0. The summed E-state index contributed by atoms with van der Waals surface area (Å²) < 4.78 is 18.4. The molecule has 0 atom stereocenters. The SMILES string of the molecule is CCN(C(=O)c1ccc(N)c(OC)c1)c1cccc(F)c1. The predicted octanol–water partition coefficient (Wildman–Crippen LogP) is 3.08. The second-order valence-corrected chi connectivity index (χ2v) is 4.49. The third-order valence-electron chi connectivity index (χ3n) is 3.16. The molecule has 0 spiro atoms. The quantitative estimate of drug-likeness (QED) is 0.880. The molecule has 0 saturated heterocycles. The van der Waals surface area contributed by atoms with E-state index in [0.29, 0.717) is 29.2 Å². The van der Waals surface area contributed by atoms with E-state index in [9.17, 15) is 9.18 Å². The van der Waals surface area contributed by atoms with Crippen LogP contribution in [0.5, 0.6) is 5.75 Å². The fraction of sp³-hybridized carbons (Fsp3) is 0.188. The molecule has 0 aliphatic rings. The second-order valence-electron chi connectivity index (χ2n) is 4.49. The number of ether oxygens (including phenoxy) is 1. The van der Waals surface area contributed by atoms with E-state index in [0.717, 1.165) is 0 Å². The molecule has 0 fully saturated rings. The van der Waals surface area contributed by atoms with Crippen molar-refractivity contribution in [2.75, 3.05) is 24.3 Å². The molecule has 1 amide bonds. The number of methoxy groups -OCH3 is 1. The summed E-state index contributed by atoms with van der Waals surface area (Å²) in [5.74, 6) is -0.175. The highest BCUT2D eigenvalue weighted by atomic mass is 19.1. The maximum absolute atomic E-state index is 13.3. The van der Waals surface area contributed by atoms with Crippen molar-refractivity contribution >= 4 is 17.3 Å². The zero-order valence-corrected chi connectivity index (χ0v) is 12.0. The highest BCUT2D eigenvalue weighted by Gasteiger charge is 2.17. The van der Waals surface area contributed by atoms with Crippen LogP contribution in [0.15, 0.2) is 42.5 Å². The van der Waals surface area contributed by atoms with Crippen LogP contribution in [0.3, 0.4) is 0 Å². The fourth-order valence-corrected chi connectivity index (χ4v) is 2.09. The number of carbonyl (C=O) groups is 1. The van der Waals surface area contributed by atoms with Gasteiger partial charge in [0.2, 0.25) is 0 Å². The molecule has 21 heavy (non-hydrogen) atoms. The third-order valence-corrected chi connectivity index (χ3v) is 3.16. The number of nitrogens with two attached hydrogens (primary N) is 1. The van der Waals surface area contributed by atoms with Gasteiger partial charge in [0, 0.05) is 17.8 Å². The van der Waals surface area contributed by atoms with Gasteiger partial charge in [0.05, 0.1) is 12.8 Å². The summed E-state index contributed by atoms with van der Waals surface area (Å²) in [6.45, 7) is 2.26. The summed E-state index contributed by atoms with van der Waals surface area (Å²) in [7, 11) is 1.49. The molecule has 0 saturated carbocycles. The monoisotopic (exact) mass is 288 g/mol. The maximum atomic E-state index is 13.3. The van der Waals surface area contributed by atoms with Crippen LogP contribution in [0.4, 0.5) is 15.8 Å². The second kappa shape index (κ2) is 6.26. The molecule has 4 nitrogen and oxygen atoms in total. The molecule has 5 heteroatoms. The van der Waals surface area contributed by atoms with Crippen LogP contribution in [-0.4, -0.2) is 19.6 Å². The Morgan fingerprint density at radius 1 is 1.29 bits per heavy atom. The van der Waals surface area contributed by atoms with Gasteiger partial charge >= 0.3 is 0 Å². The molecule has 0 unspecified atom stereocenters. The molecule has 0 aliphatic heterocycles. The topological polar surface area (TPSA) is 55.6 Å². The Morgan fingerprint density at radius 2 is 2.05 bits per heavy atom. The van der Waals surface area contributed by atoms with Crippen LogP contribution < -0.4 is 15.4 Å². The van der Waals surface area contributed by atoms with Crippen molar-refractivity contribution in [3.63, 3.8) is 0 Å². The van der Waals surface area contributed by atoms with E-state index < -0.39 is 0 Å². The Balaban J connectivity index is 2.36. The minimum atomic E-state index is -0.381. The molecule has 110 valence electrons. The summed E-state index contributed by atoms with van der Waals surface area (Å²) in [6, 6.07) is 10.8. The van der Waals surface area contributed by atoms with E-state index in [1.54, 1.807) is 30.3 Å². The third kappa shape index (κ3) is 3.13. The van der Waals surface area contributed by atoms with Crippen molar-refractivity contribution < 1.29 is 13.9 Å². The fourth-order valence-electron chi connectivity index (χ4n) is 2.09. The van der Waals surface area contributed by atoms with Gasteiger partial charge in [-0.05, 0) is 43.3 Å². The Morgan fingerprint density at radius 3 is 2.67 bits per heavy atom. The van der Waals surface area contributed by atoms with Crippen molar-refractivity contribution in [3.8, 4) is 5.75 Å². The van der Waals surface area contributed by atoms with Crippen molar-refractivity contribution in [3.05, 3.63) is 53.8 Å². The van der Waals surface area contributed by atoms with Gasteiger partial charge in [0.1, 0.15) is 11.6 Å². The van der Waals surface area contributed by atoms with Gasteiger partial charge in [-0.3, -0.25) is 4.79 Å². The summed E-state index contributed by atoms with van der Waals surface area (Å²) in [6.07, 6.45) is 0. The maximum Gasteiger partial charge on any atom is 0.258 e. The number of carbonyl (C=O) groups excluding carboxylic acids is 1. The number of nitrogens with zero attached hydrogens (tertiary/aromatic N) is 1. The van der Waals surface area contributed by atoms with Gasteiger partial charge in [-0.25, -0.2) is 4.39 Å². The van der Waals surface area contributed by atoms with Crippen molar-refractivity contribution in [2.24, 2.45) is 0 Å².